The van der Waals surface area contributed by atoms with Crippen molar-refractivity contribution in [2.24, 2.45) is 0 Å². The molecular formula is C26H23FN4O3. The average molecular weight is 458 g/mol. The highest BCUT2D eigenvalue weighted by molar-refractivity contribution is 6.03. The van der Waals surface area contributed by atoms with Gasteiger partial charge in [-0.2, -0.15) is 5.10 Å². The number of carbonyl (C=O) groups is 1. The van der Waals surface area contributed by atoms with E-state index in [1.807, 2.05) is 10.6 Å². The zero-order valence-electron chi connectivity index (χ0n) is 19.0. The Morgan fingerprint density at radius 2 is 1.85 bits per heavy atom. The number of aromatic carboxylic acids is 1. The second-order valence-electron chi connectivity index (χ2n) is 8.90. The minimum Gasteiger partial charge on any atom is -0.478 e. The molecule has 0 aliphatic heterocycles. The van der Waals surface area contributed by atoms with Gasteiger partial charge in [-0.25, -0.2) is 14.2 Å². The Hall–Kier alpha value is -4.04. The first-order valence-corrected chi connectivity index (χ1v) is 10.8. The number of hydrogen-bond donors (Lipinski definition) is 2. The van der Waals surface area contributed by atoms with Crippen molar-refractivity contribution in [3.8, 4) is 16.8 Å². The van der Waals surface area contributed by atoms with Gasteiger partial charge in [0, 0.05) is 34.9 Å². The quantitative estimate of drug-likeness (QED) is 0.359. The Kier molecular flexibility index (Phi) is 5.17. The summed E-state index contributed by atoms with van der Waals surface area (Å²) in [5.74, 6) is -1.31. The number of pyridine rings is 1. The number of benzene rings is 2. The third-order valence-electron chi connectivity index (χ3n) is 6.00. The van der Waals surface area contributed by atoms with Crippen molar-refractivity contribution >= 4 is 28.0 Å². The summed E-state index contributed by atoms with van der Waals surface area (Å²) in [6.07, 6.45) is 1.66. The maximum absolute atomic E-state index is 13.8. The fourth-order valence-electron chi connectivity index (χ4n) is 4.55. The van der Waals surface area contributed by atoms with E-state index in [1.54, 1.807) is 49.7 Å². The lowest BCUT2D eigenvalue weighted by Crippen LogP contribution is -2.27. The molecule has 0 spiro atoms. The van der Waals surface area contributed by atoms with Crippen LogP contribution in [0, 0.1) is 5.82 Å². The molecule has 3 aromatic heterocycles. The van der Waals surface area contributed by atoms with E-state index >= 15 is 0 Å². The van der Waals surface area contributed by atoms with Gasteiger partial charge in [-0.15, -0.1) is 0 Å². The number of carboxylic acids is 1. The fraction of sp³-hybridized carbons (Fsp3) is 0.192. The van der Waals surface area contributed by atoms with Crippen molar-refractivity contribution < 1.29 is 19.0 Å². The highest BCUT2D eigenvalue weighted by atomic mass is 19.1. The number of hydrogen-bond acceptors (Lipinski definition) is 4. The Morgan fingerprint density at radius 1 is 1.15 bits per heavy atom. The van der Waals surface area contributed by atoms with Gasteiger partial charge in [-0.05, 0) is 48.0 Å². The molecule has 0 saturated carbocycles. The molecule has 0 atom stereocenters. The van der Waals surface area contributed by atoms with Gasteiger partial charge in [-0.3, -0.25) is 9.67 Å². The summed E-state index contributed by atoms with van der Waals surface area (Å²) < 4.78 is 21.4. The van der Waals surface area contributed by atoms with E-state index in [2.05, 4.69) is 24.0 Å². The number of nitrogens with zero attached hydrogens (tertiary/aromatic N) is 3. The molecule has 7 nitrogen and oxygen atoms in total. The summed E-state index contributed by atoms with van der Waals surface area (Å²) in [6.45, 7) is 4.57. The van der Waals surface area contributed by atoms with Gasteiger partial charge >= 0.3 is 5.97 Å². The van der Waals surface area contributed by atoms with E-state index in [-0.39, 0.29) is 11.4 Å². The van der Waals surface area contributed by atoms with Crippen LogP contribution in [0.25, 0.3) is 38.9 Å². The predicted molar refractivity (Wildman–Crippen MR) is 128 cm³/mol. The van der Waals surface area contributed by atoms with Gasteiger partial charge in [0.15, 0.2) is 0 Å². The number of rotatable bonds is 6. The van der Waals surface area contributed by atoms with Crippen LogP contribution in [0.2, 0.25) is 0 Å². The molecule has 0 aliphatic carbocycles. The molecule has 0 unspecified atom stereocenters. The largest absolute Gasteiger partial charge is 0.478 e. The van der Waals surface area contributed by atoms with Crippen LogP contribution in [0.15, 0.2) is 60.8 Å². The molecule has 2 aromatic carbocycles. The van der Waals surface area contributed by atoms with E-state index in [9.17, 15) is 14.3 Å². The Labute approximate surface area is 194 Å². The first-order chi connectivity index (χ1) is 16.3. The summed E-state index contributed by atoms with van der Waals surface area (Å²) in [4.78, 5) is 16.3. The van der Waals surface area contributed by atoms with Gasteiger partial charge in [0.25, 0.3) is 0 Å². The molecule has 0 amide bonds. The van der Waals surface area contributed by atoms with Gasteiger partial charge in [0.1, 0.15) is 17.0 Å². The third kappa shape index (κ3) is 3.52. The number of fused-ring (bicyclic) bond motifs is 2. The molecule has 5 rings (SSSR count). The van der Waals surface area contributed by atoms with Gasteiger partial charge in [0.05, 0.1) is 23.9 Å². The van der Waals surface area contributed by atoms with Crippen LogP contribution in [0.1, 0.15) is 29.9 Å². The van der Waals surface area contributed by atoms with E-state index in [1.165, 1.54) is 12.1 Å². The number of H-pyrrole nitrogens is 1. The van der Waals surface area contributed by atoms with Crippen LogP contribution >= 0.6 is 0 Å². The summed E-state index contributed by atoms with van der Waals surface area (Å²) in [7, 11) is 1.65. The predicted octanol–water partition coefficient (Wildman–Crippen LogP) is 5.33. The zero-order chi connectivity index (χ0) is 24.0. The number of aromatic nitrogens is 4. The molecular weight excluding hydrogens is 435 g/mol. The van der Waals surface area contributed by atoms with Crippen molar-refractivity contribution in [1.82, 2.24) is 19.7 Å². The van der Waals surface area contributed by atoms with Gasteiger partial charge < -0.3 is 9.84 Å². The highest BCUT2D eigenvalue weighted by Crippen LogP contribution is 2.43. The standard InChI is InChI=1S/C26H23FN4O3/c1-26(2,14-34-3)23-22(15-4-6-16(7-5-15)25(32)33)19-12-20-21(13-28-30-20)29-24(19)31(23)18-10-8-17(27)9-11-18/h4-13H,14H2,1-3H3,(H,28,30)(H,32,33). The molecule has 172 valence electrons. The van der Waals surface area contributed by atoms with Crippen LogP contribution in [0.3, 0.4) is 0 Å². The molecule has 5 aromatic rings. The molecule has 3 heterocycles. The second kappa shape index (κ2) is 8.07. The van der Waals surface area contributed by atoms with Crippen molar-refractivity contribution in [2.45, 2.75) is 19.3 Å². The molecule has 0 saturated heterocycles. The molecule has 0 radical (unpaired) electrons. The topological polar surface area (TPSA) is 93.0 Å². The first-order valence-electron chi connectivity index (χ1n) is 10.8. The molecule has 0 aliphatic rings. The Bertz CT molecular complexity index is 1520. The number of carboxylic acid groups (broad SMARTS) is 1. The molecule has 0 bridgehead atoms. The number of aromatic amines is 1. The van der Waals surface area contributed by atoms with Crippen LogP contribution < -0.4 is 0 Å². The van der Waals surface area contributed by atoms with Crippen molar-refractivity contribution in [3.05, 3.63) is 77.9 Å². The first kappa shape index (κ1) is 21.8. The maximum Gasteiger partial charge on any atom is 0.335 e. The minimum atomic E-state index is -0.985. The van der Waals surface area contributed by atoms with E-state index < -0.39 is 11.4 Å². The van der Waals surface area contributed by atoms with Crippen LogP contribution in [0.4, 0.5) is 4.39 Å². The normalized spacial score (nSPS) is 12.0. The van der Waals surface area contributed by atoms with Crippen molar-refractivity contribution in [3.63, 3.8) is 0 Å². The lowest BCUT2D eigenvalue weighted by molar-refractivity contribution is 0.0697. The van der Waals surface area contributed by atoms with E-state index in [4.69, 9.17) is 9.72 Å². The summed E-state index contributed by atoms with van der Waals surface area (Å²) >= 11 is 0. The molecule has 0 fully saturated rings. The lowest BCUT2D eigenvalue weighted by atomic mass is 9.84. The van der Waals surface area contributed by atoms with E-state index in [0.29, 0.717) is 17.8 Å². The zero-order valence-corrected chi connectivity index (χ0v) is 19.0. The van der Waals surface area contributed by atoms with E-state index in [0.717, 1.165) is 33.4 Å². The number of ether oxygens (including phenoxy) is 1. The second-order valence-corrected chi connectivity index (χ2v) is 8.90. The number of nitrogens with one attached hydrogen (secondary N) is 1. The number of methoxy groups -OCH3 is 1. The minimum absolute atomic E-state index is 0.206. The average Bonchev–Trinajstić information content (AvgIpc) is 3.40. The van der Waals surface area contributed by atoms with Crippen molar-refractivity contribution in [2.75, 3.05) is 13.7 Å². The SMILES string of the molecule is COCC(C)(C)c1c(-c2ccc(C(=O)O)cc2)c2cc3[nH]ncc3nc2n1-c1ccc(F)cc1. The van der Waals surface area contributed by atoms with Crippen molar-refractivity contribution in [1.29, 1.82) is 0 Å². The summed E-state index contributed by atoms with van der Waals surface area (Å²) in [6, 6.07) is 15.1. The monoisotopic (exact) mass is 458 g/mol. The maximum atomic E-state index is 13.8. The van der Waals surface area contributed by atoms with Gasteiger partial charge in [0.2, 0.25) is 0 Å². The smallest absolute Gasteiger partial charge is 0.335 e. The van der Waals surface area contributed by atoms with Crippen LogP contribution in [0.5, 0.6) is 0 Å². The summed E-state index contributed by atoms with van der Waals surface area (Å²) in [5.41, 5.74) is 5.34. The summed E-state index contributed by atoms with van der Waals surface area (Å²) in [5, 5.41) is 17.3. The Balaban J connectivity index is 1.93. The molecule has 2 N–H and O–H groups in total. The lowest BCUT2D eigenvalue weighted by Gasteiger charge is -2.28. The fourth-order valence-corrected chi connectivity index (χ4v) is 4.55. The Morgan fingerprint density at radius 3 is 2.50 bits per heavy atom. The third-order valence-corrected chi connectivity index (χ3v) is 6.00. The van der Waals surface area contributed by atoms with Crippen LogP contribution in [-0.4, -0.2) is 44.5 Å². The number of halogens is 1. The van der Waals surface area contributed by atoms with Crippen LogP contribution in [-0.2, 0) is 10.2 Å². The molecule has 34 heavy (non-hydrogen) atoms. The van der Waals surface area contributed by atoms with Gasteiger partial charge in [-0.1, -0.05) is 26.0 Å². The molecule has 8 heteroatoms. The highest BCUT2D eigenvalue weighted by Gasteiger charge is 2.33.